The Morgan fingerprint density at radius 1 is 1.50 bits per heavy atom. The summed E-state index contributed by atoms with van der Waals surface area (Å²) in [7, 11) is 3.88. The Hall–Kier alpha value is -0.960. The second kappa shape index (κ2) is 4.05. The van der Waals surface area contributed by atoms with Gasteiger partial charge >= 0.3 is 0 Å². The Bertz CT molecular complexity index is 355. The minimum absolute atomic E-state index is 0.0205. The van der Waals surface area contributed by atoms with Gasteiger partial charge in [-0.15, -0.1) is 11.6 Å². The molecule has 78 valence electrons. The van der Waals surface area contributed by atoms with Gasteiger partial charge in [-0.25, -0.2) is 0 Å². The lowest BCUT2D eigenvalue weighted by Gasteiger charge is -2.19. The van der Waals surface area contributed by atoms with Crippen LogP contribution in [-0.2, 0) is 0 Å². The van der Waals surface area contributed by atoms with Crippen LogP contribution in [0.3, 0.4) is 0 Å². The maximum atomic E-state index is 11.5. The third kappa shape index (κ3) is 1.77. The highest BCUT2D eigenvalue weighted by Crippen LogP contribution is 2.15. The van der Waals surface area contributed by atoms with E-state index in [2.05, 4.69) is 0 Å². The van der Waals surface area contributed by atoms with Gasteiger partial charge in [0.05, 0.1) is 5.88 Å². The van der Waals surface area contributed by atoms with Crippen LogP contribution >= 0.6 is 11.6 Å². The summed E-state index contributed by atoms with van der Waals surface area (Å²) in [6.07, 6.45) is 0. The summed E-state index contributed by atoms with van der Waals surface area (Å²) in [5.41, 5.74) is 2.70. The largest absolute Gasteiger partial charge is 0.319 e. The SMILES string of the molecule is Cc1cc(C(=O)CCl)c(C)n1N(C)C. The molecule has 0 aliphatic carbocycles. The van der Waals surface area contributed by atoms with E-state index < -0.39 is 0 Å². The van der Waals surface area contributed by atoms with Crippen LogP contribution in [0.25, 0.3) is 0 Å². The van der Waals surface area contributed by atoms with Crippen LogP contribution in [-0.4, -0.2) is 30.4 Å². The molecule has 3 nitrogen and oxygen atoms in total. The van der Waals surface area contributed by atoms with E-state index in [0.29, 0.717) is 5.56 Å². The van der Waals surface area contributed by atoms with E-state index in [1.54, 1.807) is 0 Å². The average Bonchev–Trinajstić information content (AvgIpc) is 2.40. The summed E-state index contributed by atoms with van der Waals surface area (Å²) >= 11 is 5.53. The van der Waals surface area contributed by atoms with Crippen LogP contribution in [0, 0.1) is 13.8 Å². The number of alkyl halides is 1. The first-order chi connectivity index (χ1) is 6.49. The molecule has 14 heavy (non-hydrogen) atoms. The number of aryl methyl sites for hydroxylation is 1. The van der Waals surface area contributed by atoms with Gasteiger partial charge in [0, 0.05) is 31.0 Å². The van der Waals surface area contributed by atoms with Crippen LogP contribution in [0.15, 0.2) is 6.07 Å². The van der Waals surface area contributed by atoms with Crippen molar-refractivity contribution >= 4 is 17.4 Å². The second-order valence-corrected chi connectivity index (χ2v) is 3.77. The van der Waals surface area contributed by atoms with E-state index in [4.69, 9.17) is 11.6 Å². The molecule has 1 aromatic rings. The first kappa shape index (κ1) is 11.1. The molecule has 1 aromatic heterocycles. The first-order valence-electron chi connectivity index (χ1n) is 4.44. The number of aromatic nitrogens is 1. The molecule has 0 saturated heterocycles. The third-order valence-corrected chi connectivity index (χ3v) is 2.46. The number of ketones is 1. The standard InChI is InChI=1S/C10H15ClN2O/c1-7-5-9(10(14)6-11)8(2)13(7)12(3)4/h5H,6H2,1-4H3. The lowest BCUT2D eigenvalue weighted by atomic mass is 10.2. The first-order valence-corrected chi connectivity index (χ1v) is 4.98. The van der Waals surface area contributed by atoms with Crippen molar-refractivity contribution in [1.29, 1.82) is 0 Å². The molecule has 4 heteroatoms. The van der Waals surface area contributed by atoms with Crippen molar-refractivity contribution < 1.29 is 4.79 Å². The van der Waals surface area contributed by atoms with Crippen LogP contribution in [0.2, 0.25) is 0 Å². The molecule has 0 aliphatic rings. The summed E-state index contributed by atoms with van der Waals surface area (Å²) in [6, 6.07) is 1.88. The number of carbonyl (C=O) groups is 1. The fourth-order valence-corrected chi connectivity index (χ4v) is 1.87. The number of nitrogens with zero attached hydrogens (tertiary/aromatic N) is 2. The maximum Gasteiger partial charge on any atom is 0.179 e. The number of carbonyl (C=O) groups excluding carboxylic acids is 1. The zero-order valence-electron chi connectivity index (χ0n) is 8.97. The highest BCUT2D eigenvalue weighted by Gasteiger charge is 2.15. The van der Waals surface area contributed by atoms with Gasteiger partial charge in [-0.05, 0) is 19.9 Å². The van der Waals surface area contributed by atoms with Gasteiger partial charge in [-0.2, -0.15) is 0 Å². The van der Waals surface area contributed by atoms with Gasteiger partial charge < -0.3 is 5.01 Å². The van der Waals surface area contributed by atoms with Gasteiger partial charge in [0.1, 0.15) is 0 Å². The minimum Gasteiger partial charge on any atom is -0.319 e. The molecule has 0 saturated carbocycles. The van der Waals surface area contributed by atoms with E-state index in [0.717, 1.165) is 11.4 Å². The quantitative estimate of drug-likeness (QED) is 0.566. The van der Waals surface area contributed by atoms with Crippen LogP contribution < -0.4 is 5.01 Å². The molecule has 1 heterocycles. The molecular weight excluding hydrogens is 200 g/mol. The van der Waals surface area contributed by atoms with Crippen molar-refractivity contribution in [3.8, 4) is 0 Å². The number of hydrogen-bond donors (Lipinski definition) is 0. The zero-order valence-corrected chi connectivity index (χ0v) is 9.72. The predicted octanol–water partition coefficient (Wildman–Crippen LogP) is 1.72. The zero-order chi connectivity index (χ0) is 10.9. The van der Waals surface area contributed by atoms with Gasteiger partial charge in [-0.1, -0.05) is 0 Å². The molecule has 0 spiro atoms. The van der Waals surface area contributed by atoms with Crippen molar-refractivity contribution in [3.63, 3.8) is 0 Å². The van der Waals surface area contributed by atoms with Crippen molar-refractivity contribution in [2.24, 2.45) is 0 Å². The lowest BCUT2D eigenvalue weighted by Crippen LogP contribution is -2.27. The molecule has 0 aliphatic heterocycles. The normalized spacial score (nSPS) is 10.4. The van der Waals surface area contributed by atoms with Gasteiger partial charge in [0.2, 0.25) is 0 Å². The number of rotatable bonds is 3. The molecule has 0 bridgehead atoms. The number of hydrogen-bond acceptors (Lipinski definition) is 2. The van der Waals surface area contributed by atoms with E-state index in [9.17, 15) is 4.79 Å². The Kier molecular flexibility index (Phi) is 3.21. The minimum atomic E-state index is -0.0205. The fraction of sp³-hybridized carbons (Fsp3) is 0.500. The summed E-state index contributed by atoms with van der Waals surface area (Å²) in [4.78, 5) is 11.5. The topological polar surface area (TPSA) is 25.2 Å². The summed E-state index contributed by atoms with van der Waals surface area (Å²) < 4.78 is 1.99. The molecule has 0 N–H and O–H groups in total. The van der Waals surface area contributed by atoms with Crippen molar-refractivity contribution in [1.82, 2.24) is 4.68 Å². The van der Waals surface area contributed by atoms with Crippen molar-refractivity contribution in [3.05, 3.63) is 23.0 Å². The van der Waals surface area contributed by atoms with E-state index in [-0.39, 0.29) is 11.7 Å². The summed E-state index contributed by atoms with van der Waals surface area (Å²) in [6.45, 7) is 3.89. The van der Waals surface area contributed by atoms with Crippen LogP contribution in [0.5, 0.6) is 0 Å². The molecule has 0 unspecified atom stereocenters. The van der Waals surface area contributed by atoms with Crippen LogP contribution in [0.4, 0.5) is 0 Å². The number of Topliss-reactive ketones (excluding diaryl/α,β-unsaturated/α-hetero) is 1. The predicted molar refractivity (Wildman–Crippen MR) is 59.0 cm³/mol. The van der Waals surface area contributed by atoms with E-state index in [1.165, 1.54) is 0 Å². The van der Waals surface area contributed by atoms with Crippen molar-refractivity contribution in [2.75, 3.05) is 25.0 Å². The molecule has 0 fully saturated rings. The Labute approximate surface area is 89.2 Å². The van der Waals surface area contributed by atoms with Gasteiger partial charge in [0.25, 0.3) is 0 Å². The van der Waals surface area contributed by atoms with Gasteiger partial charge in [-0.3, -0.25) is 9.47 Å². The fourth-order valence-electron chi connectivity index (χ4n) is 1.72. The Morgan fingerprint density at radius 2 is 2.07 bits per heavy atom. The van der Waals surface area contributed by atoms with Crippen molar-refractivity contribution in [2.45, 2.75) is 13.8 Å². The average molecular weight is 215 g/mol. The highest BCUT2D eigenvalue weighted by molar-refractivity contribution is 6.30. The van der Waals surface area contributed by atoms with Gasteiger partial charge in [0.15, 0.2) is 5.78 Å². The van der Waals surface area contributed by atoms with Crippen LogP contribution in [0.1, 0.15) is 21.7 Å². The maximum absolute atomic E-state index is 11.5. The monoisotopic (exact) mass is 214 g/mol. The summed E-state index contributed by atoms with van der Waals surface area (Å²) in [5, 5.41) is 1.94. The molecule has 0 atom stereocenters. The Balaban J connectivity index is 3.23. The highest BCUT2D eigenvalue weighted by atomic mass is 35.5. The lowest BCUT2D eigenvalue weighted by molar-refractivity contribution is 0.102. The molecule has 0 amide bonds. The molecule has 0 radical (unpaired) electrons. The number of halogens is 1. The molecular formula is C10H15ClN2O. The Morgan fingerprint density at radius 3 is 2.43 bits per heavy atom. The molecule has 0 aromatic carbocycles. The molecule has 1 rings (SSSR count). The van der Waals surface area contributed by atoms with E-state index >= 15 is 0 Å². The third-order valence-electron chi connectivity index (χ3n) is 2.22. The smallest absolute Gasteiger partial charge is 0.179 e. The summed E-state index contributed by atoms with van der Waals surface area (Å²) in [5.74, 6) is 0.0189. The van der Waals surface area contributed by atoms with E-state index in [1.807, 2.05) is 43.7 Å². The second-order valence-electron chi connectivity index (χ2n) is 3.50.